The second-order valence-electron chi connectivity index (χ2n) is 24.5. The standard InChI is InChI=1S/C65H126O17P2/c1-7-9-11-13-14-15-16-17-18-19-22-26-31-37-43-49-64(69)82-61(54-76-63(68)48-42-36-30-25-23-20-21-24-28-34-39-45-57(3)4)56-80-84(73,74)78-52-59(66)51-77-83(71,72)79-55-60(53-75-62(67)47-41-33-12-10-8-2)81-65(70)50-44-38-32-27-29-35-40-46-58(5)6/h57-61,66H,7-56H2,1-6H3,(H,71,72)(H,73,74)/t59-,60+,61+/m0/s1. The van der Waals surface area contributed by atoms with Crippen molar-refractivity contribution in [2.45, 2.75) is 342 Å². The molecule has 0 aromatic heterocycles. The van der Waals surface area contributed by atoms with Crippen molar-refractivity contribution in [1.82, 2.24) is 0 Å². The van der Waals surface area contributed by atoms with Crippen molar-refractivity contribution in [1.29, 1.82) is 0 Å². The highest BCUT2D eigenvalue weighted by Crippen LogP contribution is 2.45. The van der Waals surface area contributed by atoms with Gasteiger partial charge in [0.1, 0.15) is 19.3 Å². The van der Waals surface area contributed by atoms with Crippen LogP contribution in [0.15, 0.2) is 0 Å². The molecule has 0 aliphatic carbocycles. The molecule has 0 amide bonds. The van der Waals surface area contributed by atoms with Crippen LogP contribution in [0.5, 0.6) is 0 Å². The fourth-order valence-electron chi connectivity index (χ4n) is 9.71. The molecular formula is C65H126O17P2. The highest BCUT2D eigenvalue weighted by Gasteiger charge is 2.30. The molecule has 2 unspecified atom stereocenters. The first-order valence-electron chi connectivity index (χ1n) is 34.0. The van der Waals surface area contributed by atoms with E-state index in [1.807, 2.05) is 0 Å². The summed E-state index contributed by atoms with van der Waals surface area (Å²) >= 11 is 0. The minimum atomic E-state index is -4.95. The van der Waals surface area contributed by atoms with Gasteiger partial charge in [-0.25, -0.2) is 9.13 Å². The lowest BCUT2D eigenvalue weighted by atomic mass is 10.0. The molecule has 0 fully saturated rings. The summed E-state index contributed by atoms with van der Waals surface area (Å²) in [6, 6.07) is 0. The summed E-state index contributed by atoms with van der Waals surface area (Å²) in [6.45, 7) is 9.36. The zero-order chi connectivity index (χ0) is 62.2. The van der Waals surface area contributed by atoms with Crippen molar-refractivity contribution in [3.8, 4) is 0 Å². The molecule has 0 aliphatic heterocycles. The molecular weight excluding hydrogens is 1110 g/mol. The first-order valence-corrected chi connectivity index (χ1v) is 37.0. The molecule has 3 N–H and O–H groups in total. The second-order valence-corrected chi connectivity index (χ2v) is 27.4. The topological polar surface area (TPSA) is 237 Å². The number of esters is 4. The number of rotatable bonds is 64. The van der Waals surface area contributed by atoms with Crippen LogP contribution in [-0.2, 0) is 65.4 Å². The minimum absolute atomic E-state index is 0.102. The molecule has 0 radical (unpaired) electrons. The maximum atomic E-state index is 13.0. The molecule has 0 spiro atoms. The quantitative estimate of drug-likeness (QED) is 0.0222. The molecule has 84 heavy (non-hydrogen) atoms. The molecule has 0 aliphatic rings. The Kier molecular flexibility index (Phi) is 56.2. The van der Waals surface area contributed by atoms with E-state index in [-0.39, 0.29) is 25.7 Å². The lowest BCUT2D eigenvalue weighted by Crippen LogP contribution is -2.30. The van der Waals surface area contributed by atoms with E-state index < -0.39 is 97.5 Å². The minimum Gasteiger partial charge on any atom is -0.462 e. The Morgan fingerprint density at radius 2 is 0.548 bits per heavy atom. The number of ether oxygens (including phenoxy) is 4. The van der Waals surface area contributed by atoms with E-state index in [9.17, 15) is 43.2 Å². The van der Waals surface area contributed by atoms with Crippen molar-refractivity contribution >= 4 is 39.5 Å². The summed E-state index contributed by atoms with van der Waals surface area (Å²) in [5, 5.41) is 10.5. The Bertz CT molecular complexity index is 1650. The van der Waals surface area contributed by atoms with Gasteiger partial charge in [-0.05, 0) is 37.5 Å². The Hall–Kier alpha value is -1.94. The van der Waals surface area contributed by atoms with E-state index in [1.165, 1.54) is 135 Å². The molecule has 17 nitrogen and oxygen atoms in total. The van der Waals surface area contributed by atoms with Crippen LogP contribution in [0, 0.1) is 11.8 Å². The van der Waals surface area contributed by atoms with Crippen molar-refractivity contribution in [2.75, 3.05) is 39.6 Å². The number of carbonyl (C=O) groups excluding carboxylic acids is 4. The molecule has 0 saturated heterocycles. The van der Waals surface area contributed by atoms with Crippen LogP contribution in [0.25, 0.3) is 0 Å². The van der Waals surface area contributed by atoms with Gasteiger partial charge in [0, 0.05) is 25.7 Å². The number of hydrogen-bond donors (Lipinski definition) is 3. The van der Waals surface area contributed by atoms with Gasteiger partial charge in [0.2, 0.25) is 0 Å². The van der Waals surface area contributed by atoms with Crippen LogP contribution in [0.3, 0.4) is 0 Å². The van der Waals surface area contributed by atoms with Gasteiger partial charge in [0.05, 0.1) is 26.4 Å². The summed E-state index contributed by atoms with van der Waals surface area (Å²) < 4.78 is 67.9. The maximum Gasteiger partial charge on any atom is 0.472 e. The van der Waals surface area contributed by atoms with Crippen molar-refractivity contribution in [3.05, 3.63) is 0 Å². The van der Waals surface area contributed by atoms with E-state index in [4.69, 9.17) is 37.0 Å². The summed E-state index contributed by atoms with van der Waals surface area (Å²) in [5.41, 5.74) is 0. The number of phosphoric ester groups is 2. The smallest absolute Gasteiger partial charge is 0.462 e. The number of carbonyl (C=O) groups is 4. The van der Waals surface area contributed by atoms with E-state index >= 15 is 0 Å². The number of hydrogen-bond acceptors (Lipinski definition) is 15. The zero-order valence-electron chi connectivity index (χ0n) is 54.2. The van der Waals surface area contributed by atoms with Crippen LogP contribution >= 0.6 is 15.6 Å². The molecule has 19 heteroatoms. The zero-order valence-corrected chi connectivity index (χ0v) is 56.0. The van der Waals surface area contributed by atoms with Crippen LogP contribution in [0.4, 0.5) is 0 Å². The van der Waals surface area contributed by atoms with Gasteiger partial charge in [-0.15, -0.1) is 0 Å². The Morgan fingerprint density at radius 1 is 0.321 bits per heavy atom. The van der Waals surface area contributed by atoms with Gasteiger partial charge in [-0.2, -0.15) is 0 Å². The predicted octanol–water partition coefficient (Wildman–Crippen LogP) is 18.0. The molecule has 0 saturated carbocycles. The van der Waals surface area contributed by atoms with Crippen molar-refractivity contribution in [3.63, 3.8) is 0 Å². The SMILES string of the molecule is CCCCCCCCCCCCCCCCCC(=O)O[C@H](COC(=O)CCCCCCCCCCCCCC(C)C)COP(=O)(O)OC[C@@H](O)COP(=O)(O)OC[C@@H](COC(=O)CCCCCCC)OC(=O)CCCCCCCCCC(C)C. The van der Waals surface area contributed by atoms with Gasteiger partial charge in [0.15, 0.2) is 12.2 Å². The normalized spacial score (nSPS) is 14.3. The second kappa shape index (κ2) is 57.5. The largest absolute Gasteiger partial charge is 0.472 e. The first kappa shape index (κ1) is 82.1. The van der Waals surface area contributed by atoms with Crippen molar-refractivity contribution in [2.24, 2.45) is 11.8 Å². The van der Waals surface area contributed by atoms with E-state index in [2.05, 4.69) is 41.5 Å². The fraction of sp³-hybridized carbons (Fsp3) is 0.938. The molecule has 0 rings (SSSR count). The fourth-order valence-corrected chi connectivity index (χ4v) is 11.3. The number of phosphoric acid groups is 2. The maximum absolute atomic E-state index is 13.0. The number of aliphatic hydroxyl groups excluding tert-OH is 1. The van der Waals surface area contributed by atoms with Gasteiger partial charge in [-0.3, -0.25) is 37.3 Å². The highest BCUT2D eigenvalue weighted by atomic mass is 31.2. The molecule has 5 atom stereocenters. The average Bonchev–Trinajstić information content (AvgIpc) is 3.60. The first-order chi connectivity index (χ1) is 40.4. The van der Waals surface area contributed by atoms with E-state index in [0.717, 1.165) is 102 Å². The number of aliphatic hydroxyl groups is 1. The summed E-state index contributed by atoms with van der Waals surface area (Å²) in [7, 11) is -9.88. The predicted molar refractivity (Wildman–Crippen MR) is 335 cm³/mol. The molecule has 0 heterocycles. The molecule has 0 aromatic rings. The summed E-state index contributed by atoms with van der Waals surface area (Å²) in [4.78, 5) is 72.0. The van der Waals surface area contributed by atoms with Gasteiger partial charge >= 0.3 is 39.5 Å². The van der Waals surface area contributed by atoms with E-state index in [1.54, 1.807) is 0 Å². The third-order valence-corrected chi connectivity index (χ3v) is 16.9. The lowest BCUT2D eigenvalue weighted by Gasteiger charge is -2.21. The van der Waals surface area contributed by atoms with Gasteiger partial charge in [0.25, 0.3) is 0 Å². The summed E-state index contributed by atoms with van der Waals surface area (Å²) in [6.07, 6.45) is 40.7. The van der Waals surface area contributed by atoms with Crippen molar-refractivity contribution < 1.29 is 80.2 Å². The molecule has 498 valence electrons. The Balaban J connectivity index is 5.17. The molecule has 0 bridgehead atoms. The van der Waals surface area contributed by atoms with Crippen LogP contribution in [-0.4, -0.2) is 96.7 Å². The van der Waals surface area contributed by atoms with Gasteiger partial charge in [-0.1, -0.05) is 273 Å². The average molecular weight is 1240 g/mol. The third-order valence-electron chi connectivity index (χ3n) is 15.0. The molecule has 0 aromatic carbocycles. The van der Waals surface area contributed by atoms with E-state index in [0.29, 0.717) is 31.6 Å². The van der Waals surface area contributed by atoms with Crippen LogP contribution in [0.1, 0.15) is 324 Å². The lowest BCUT2D eigenvalue weighted by molar-refractivity contribution is -0.161. The summed E-state index contributed by atoms with van der Waals surface area (Å²) in [5.74, 6) is -0.676. The Morgan fingerprint density at radius 3 is 0.810 bits per heavy atom. The van der Waals surface area contributed by atoms with Gasteiger partial charge < -0.3 is 33.8 Å². The third kappa shape index (κ3) is 59.0. The van der Waals surface area contributed by atoms with Crippen LogP contribution < -0.4 is 0 Å². The monoisotopic (exact) mass is 1240 g/mol. The number of unbranched alkanes of at least 4 members (excludes halogenated alkanes) is 34. The Labute approximate surface area is 511 Å². The van der Waals surface area contributed by atoms with Crippen LogP contribution in [0.2, 0.25) is 0 Å². The highest BCUT2D eigenvalue weighted by molar-refractivity contribution is 7.47.